The lowest BCUT2D eigenvalue weighted by molar-refractivity contribution is -0.107. The van der Waals surface area contributed by atoms with Crippen molar-refractivity contribution in [3.63, 3.8) is 0 Å². The molecule has 0 N–H and O–H groups in total. The monoisotopic (exact) mass is 166 g/mol. The predicted molar refractivity (Wildman–Crippen MR) is 46.7 cm³/mol. The van der Waals surface area contributed by atoms with Crippen LogP contribution < -0.4 is 0 Å². The van der Waals surface area contributed by atoms with Gasteiger partial charge in [-0.05, 0) is 6.42 Å². The SMILES string of the molecule is CC1(C2OCCO2)C=CC=CC1. The fourth-order valence-electron chi connectivity index (χ4n) is 1.66. The second kappa shape index (κ2) is 3.04. The maximum absolute atomic E-state index is 5.49. The van der Waals surface area contributed by atoms with Gasteiger partial charge < -0.3 is 9.47 Å². The van der Waals surface area contributed by atoms with Crippen LogP contribution in [0.3, 0.4) is 0 Å². The Bertz CT molecular complexity index is 214. The first kappa shape index (κ1) is 8.02. The highest BCUT2D eigenvalue weighted by Gasteiger charge is 2.35. The topological polar surface area (TPSA) is 18.5 Å². The molecule has 0 saturated carbocycles. The number of hydrogen-bond acceptors (Lipinski definition) is 2. The van der Waals surface area contributed by atoms with Gasteiger partial charge in [-0.2, -0.15) is 0 Å². The molecule has 0 aromatic rings. The molecule has 2 aliphatic rings. The van der Waals surface area contributed by atoms with Crippen LogP contribution >= 0.6 is 0 Å². The summed E-state index contributed by atoms with van der Waals surface area (Å²) < 4.78 is 11.0. The molecule has 1 unspecified atom stereocenters. The highest BCUT2D eigenvalue weighted by molar-refractivity contribution is 5.16. The van der Waals surface area contributed by atoms with Crippen molar-refractivity contribution in [3.8, 4) is 0 Å². The van der Waals surface area contributed by atoms with Crippen LogP contribution in [0.15, 0.2) is 24.3 Å². The zero-order valence-corrected chi connectivity index (χ0v) is 7.32. The summed E-state index contributed by atoms with van der Waals surface area (Å²) in [6, 6.07) is 0. The molecule has 0 spiro atoms. The van der Waals surface area contributed by atoms with E-state index in [2.05, 4.69) is 31.2 Å². The molecule has 2 heteroatoms. The van der Waals surface area contributed by atoms with Crippen molar-refractivity contribution in [3.05, 3.63) is 24.3 Å². The Kier molecular flexibility index (Phi) is 2.03. The van der Waals surface area contributed by atoms with E-state index in [0.717, 1.165) is 19.6 Å². The lowest BCUT2D eigenvalue weighted by Crippen LogP contribution is -2.31. The van der Waals surface area contributed by atoms with E-state index in [4.69, 9.17) is 9.47 Å². The van der Waals surface area contributed by atoms with Gasteiger partial charge in [-0.25, -0.2) is 0 Å². The van der Waals surface area contributed by atoms with Gasteiger partial charge in [0.15, 0.2) is 6.29 Å². The molecule has 1 heterocycles. The third kappa shape index (κ3) is 1.32. The molecular formula is C10H14O2. The minimum atomic E-state index is -0.0429. The van der Waals surface area contributed by atoms with Crippen LogP contribution in [-0.4, -0.2) is 19.5 Å². The fraction of sp³-hybridized carbons (Fsp3) is 0.600. The average molecular weight is 166 g/mol. The normalized spacial score (nSPS) is 36.1. The molecule has 0 amide bonds. The second-order valence-electron chi connectivity index (χ2n) is 3.57. The quantitative estimate of drug-likeness (QED) is 0.592. The highest BCUT2D eigenvalue weighted by Crippen LogP contribution is 2.35. The van der Waals surface area contributed by atoms with Crippen LogP contribution in [0.4, 0.5) is 0 Å². The molecule has 12 heavy (non-hydrogen) atoms. The van der Waals surface area contributed by atoms with E-state index in [1.807, 2.05) is 0 Å². The predicted octanol–water partition coefficient (Wildman–Crippen LogP) is 1.88. The molecular weight excluding hydrogens is 152 g/mol. The Morgan fingerprint density at radius 2 is 2.00 bits per heavy atom. The van der Waals surface area contributed by atoms with E-state index in [1.165, 1.54) is 0 Å². The molecule has 1 atom stereocenters. The molecule has 0 radical (unpaired) electrons. The Hall–Kier alpha value is -0.600. The number of ether oxygens (including phenoxy) is 2. The molecule has 2 rings (SSSR count). The third-order valence-electron chi connectivity index (χ3n) is 2.44. The molecule has 0 aromatic carbocycles. The van der Waals surface area contributed by atoms with Gasteiger partial charge >= 0.3 is 0 Å². The van der Waals surface area contributed by atoms with E-state index < -0.39 is 0 Å². The summed E-state index contributed by atoms with van der Waals surface area (Å²) in [5, 5.41) is 0. The Morgan fingerprint density at radius 1 is 1.25 bits per heavy atom. The maximum atomic E-state index is 5.49. The van der Waals surface area contributed by atoms with Crippen molar-refractivity contribution in [1.82, 2.24) is 0 Å². The lowest BCUT2D eigenvalue weighted by atomic mass is 9.83. The Morgan fingerprint density at radius 3 is 2.58 bits per heavy atom. The van der Waals surface area contributed by atoms with E-state index in [-0.39, 0.29) is 11.7 Å². The van der Waals surface area contributed by atoms with Crippen molar-refractivity contribution in [2.75, 3.05) is 13.2 Å². The number of rotatable bonds is 1. The highest BCUT2D eigenvalue weighted by atomic mass is 16.7. The van der Waals surface area contributed by atoms with E-state index in [0.29, 0.717) is 0 Å². The lowest BCUT2D eigenvalue weighted by Gasteiger charge is -2.31. The van der Waals surface area contributed by atoms with Gasteiger partial charge in [0.1, 0.15) is 0 Å². The van der Waals surface area contributed by atoms with Crippen molar-refractivity contribution >= 4 is 0 Å². The standard InChI is InChI=1S/C10H14O2/c1-10(5-3-2-4-6-10)9-11-7-8-12-9/h2-5,9H,6-8H2,1H3. The summed E-state index contributed by atoms with van der Waals surface area (Å²) in [5.41, 5.74) is 0.0469. The minimum absolute atomic E-state index is 0.0429. The van der Waals surface area contributed by atoms with Crippen LogP contribution in [-0.2, 0) is 9.47 Å². The molecule has 1 saturated heterocycles. The third-order valence-corrected chi connectivity index (χ3v) is 2.44. The fourth-order valence-corrected chi connectivity index (χ4v) is 1.66. The van der Waals surface area contributed by atoms with Crippen LogP contribution in [0.25, 0.3) is 0 Å². The molecule has 2 nitrogen and oxygen atoms in total. The van der Waals surface area contributed by atoms with Crippen LogP contribution in [0.2, 0.25) is 0 Å². The van der Waals surface area contributed by atoms with Gasteiger partial charge in [0.2, 0.25) is 0 Å². The molecule has 66 valence electrons. The van der Waals surface area contributed by atoms with E-state index >= 15 is 0 Å². The van der Waals surface area contributed by atoms with E-state index in [9.17, 15) is 0 Å². The number of hydrogen-bond donors (Lipinski definition) is 0. The van der Waals surface area contributed by atoms with Crippen LogP contribution in [0, 0.1) is 5.41 Å². The summed E-state index contributed by atoms with van der Waals surface area (Å²) in [4.78, 5) is 0. The Balaban J connectivity index is 2.09. The molecule has 1 aliphatic heterocycles. The first-order chi connectivity index (χ1) is 5.81. The number of allylic oxidation sites excluding steroid dienone is 3. The van der Waals surface area contributed by atoms with Crippen molar-refractivity contribution in [2.24, 2.45) is 5.41 Å². The Labute approximate surface area is 72.9 Å². The van der Waals surface area contributed by atoms with Gasteiger partial charge in [-0.15, -0.1) is 0 Å². The van der Waals surface area contributed by atoms with Gasteiger partial charge in [0.25, 0.3) is 0 Å². The van der Waals surface area contributed by atoms with Crippen LogP contribution in [0.5, 0.6) is 0 Å². The summed E-state index contributed by atoms with van der Waals surface area (Å²) in [6.45, 7) is 3.64. The maximum Gasteiger partial charge on any atom is 0.166 e. The summed E-state index contributed by atoms with van der Waals surface area (Å²) in [5.74, 6) is 0. The second-order valence-corrected chi connectivity index (χ2v) is 3.57. The summed E-state index contributed by atoms with van der Waals surface area (Å²) in [7, 11) is 0. The van der Waals surface area contributed by atoms with E-state index in [1.54, 1.807) is 0 Å². The first-order valence-corrected chi connectivity index (χ1v) is 4.39. The molecule has 0 aromatic heterocycles. The summed E-state index contributed by atoms with van der Waals surface area (Å²) >= 11 is 0. The van der Waals surface area contributed by atoms with Gasteiger partial charge in [-0.1, -0.05) is 31.2 Å². The minimum Gasteiger partial charge on any atom is -0.349 e. The zero-order chi connectivity index (χ0) is 8.44. The molecule has 1 fully saturated rings. The van der Waals surface area contributed by atoms with Gasteiger partial charge in [-0.3, -0.25) is 0 Å². The average Bonchev–Trinajstić information content (AvgIpc) is 2.58. The largest absolute Gasteiger partial charge is 0.349 e. The van der Waals surface area contributed by atoms with Gasteiger partial charge in [0, 0.05) is 5.41 Å². The molecule has 1 aliphatic carbocycles. The van der Waals surface area contributed by atoms with Crippen molar-refractivity contribution in [2.45, 2.75) is 19.6 Å². The van der Waals surface area contributed by atoms with Crippen molar-refractivity contribution in [1.29, 1.82) is 0 Å². The first-order valence-electron chi connectivity index (χ1n) is 4.39. The smallest absolute Gasteiger partial charge is 0.166 e. The molecule has 0 bridgehead atoms. The zero-order valence-electron chi connectivity index (χ0n) is 7.32. The van der Waals surface area contributed by atoms with Crippen molar-refractivity contribution < 1.29 is 9.47 Å². The van der Waals surface area contributed by atoms with Gasteiger partial charge in [0.05, 0.1) is 13.2 Å². The van der Waals surface area contributed by atoms with Crippen LogP contribution in [0.1, 0.15) is 13.3 Å². The summed E-state index contributed by atoms with van der Waals surface area (Å²) in [6.07, 6.45) is 9.42.